The van der Waals surface area contributed by atoms with Gasteiger partial charge in [0, 0.05) is 24.2 Å². The van der Waals surface area contributed by atoms with Gasteiger partial charge in [0.15, 0.2) is 0 Å². The first-order chi connectivity index (χ1) is 9.42. The third-order valence-corrected chi connectivity index (χ3v) is 3.69. The first-order valence-corrected chi connectivity index (χ1v) is 7.41. The maximum Gasteiger partial charge on any atom is 0.134 e. The molecule has 0 fully saturated rings. The van der Waals surface area contributed by atoms with Crippen molar-refractivity contribution in [2.75, 3.05) is 37.8 Å². The molecule has 0 bridgehead atoms. The van der Waals surface area contributed by atoms with Crippen LogP contribution in [0.2, 0.25) is 0 Å². The number of rotatable bonds is 8. The molecule has 0 aliphatic rings. The Bertz CT molecular complexity index is 415. The number of hydrogen-bond donors (Lipinski definition) is 2. The van der Waals surface area contributed by atoms with Gasteiger partial charge in [-0.05, 0) is 41.3 Å². The highest BCUT2D eigenvalue weighted by Gasteiger charge is 2.21. The van der Waals surface area contributed by atoms with E-state index in [0.717, 1.165) is 37.6 Å². The Morgan fingerprint density at radius 1 is 1.10 bits per heavy atom. The molecule has 0 spiro atoms. The van der Waals surface area contributed by atoms with Crippen molar-refractivity contribution in [1.29, 1.82) is 0 Å². The number of hydrogen-bond acceptors (Lipinski definition) is 5. The number of likely N-dealkylation sites (N-methyl/N-ethyl adjacent to an activating group) is 1. The van der Waals surface area contributed by atoms with Crippen LogP contribution in [0, 0.1) is 0 Å². The summed E-state index contributed by atoms with van der Waals surface area (Å²) in [5.41, 5.74) is 1.26. The monoisotopic (exact) mass is 279 g/mol. The molecular weight excluding hydrogens is 250 g/mol. The molecule has 1 aromatic heterocycles. The Kier molecular flexibility index (Phi) is 6.20. The molecule has 0 amide bonds. The van der Waals surface area contributed by atoms with Gasteiger partial charge in [-0.15, -0.1) is 0 Å². The van der Waals surface area contributed by atoms with E-state index in [9.17, 15) is 0 Å². The summed E-state index contributed by atoms with van der Waals surface area (Å²) in [6.45, 7) is 10.4. The van der Waals surface area contributed by atoms with E-state index in [4.69, 9.17) is 0 Å². The molecule has 0 saturated carbocycles. The van der Waals surface area contributed by atoms with Crippen molar-refractivity contribution in [3.8, 4) is 0 Å². The minimum absolute atomic E-state index is 0.0762. The van der Waals surface area contributed by atoms with E-state index < -0.39 is 0 Å². The molecule has 1 heterocycles. The lowest BCUT2D eigenvalue weighted by Crippen LogP contribution is -2.44. The first kappa shape index (κ1) is 16.7. The fourth-order valence-corrected chi connectivity index (χ4v) is 1.83. The fourth-order valence-electron chi connectivity index (χ4n) is 1.83. The van der Waals surface area contributed by atoms with E-state index in [1.165, 1.54) is 5.56 Å². The molecule has 5 heteroatoms. The molecule has 0 aliphatic heterocycles. The number of anilines is 2. The van der Waals surface area contributed by atoms with Crippen molar-refractivity contribution in [2.24, 2.45) is 0 Å². The Labute approximate surface area is 123 Å². The lowest BCUT2D eigenvalue weighted by molar-refractivity contribution is 0.210. The van der Waals surface area contributed by atoms with Gasteiger partial charge >= 0.3 is 0 Å². The Balaban J connectivity index is 2.91. The van der Waals surface area contributed by atoms with Crippen LogP contribution in [0.25, 0.3) is 0 Å². The van der Waals surface area contributed by atoms with Gasteiger partial charge in [0.2, 0.25) is 0 Å². The molecule has 114 valence electrons. The van der Waals surface area contributed by atoms with Crippen molar-refractivity contribution in [2.45, 2.75) is 46.1 Å². The maximum atomic E-state index is 4.42. The van der Waals surface area contributed by atoms with E-state index >= 15 is 0 Å². The minimum atomic E-state index is 0.0762. The topological polar surface area (TPSA) is 53.1 Å². The van der Waals surface area contributed by atoms with E-state index in [0.29, 0.717) is 0 Å². The van der Waals surface area contributed by atoms with E-state index in [2.05, 4.69) is 67.3 Å². The second-order valence-corrected chi connectivity index (χ2v) is 5.89. The summed E-state index contributed by atoms with van der Waals surface area (Å²) in [4.78, 5) is 11.0. The van der Waals surface area contributed by atoms with Crippen LogP contribution in [0.4, 0.5) is 11.6 Å². The van der Waals surface area contributed by atoms with Crippen LogP contribution in [0.5, 0.6) is 0 Å². The predicted octanol–water partition coefficient (Wildman–Crippen LogP) is 2.61. The molecule has 0 unspecified atom stereocenters. The maximum absolute atomic E-state index is 4.42. The van der Waals surface area contributed by atoms with E-state index in [1.807, 2.05) is 0 Å². The minimum Gasteiger partial charge on any atom is -0.370 e. The molecule has 1 aromatic rings. The highest BCUT2D eigenvalue weighted by molar-refractivity contribution is 5.57. The Morgan fingerprint density at radius 2 is 1.70 bits per heavy atom. The molecule has 0 atom stereocenters. The quantitative estimate of drug-likeness (QED) is 0.766. The van der Waals surface area contributed by atoms with Crippen LogP contribution < -0.4 is 10.6 Å². The van der Waals surface area contributed by atoms with E-state index in [-0.39, 0.29) is 5.54 Å². The normalized spacial score (nSPS) is 11.8. The fraction of sp³-hybridized carbons (Fsp3) is 0.733. The van der Waals surface area contributed by atoms with Crippen molar-refractivity contribution >= 4 is 11.6 Å². The molecule has 20 heavy (non-hydrogen) atoms. The van der Waals surface area contributed by atoms with Gasteiger partial charge in [0.25, 0.3) is 0 Å². The number of nitrogens with zero attached hydrogens (tertiary/aromatic N) is 3. The van der Waals surface area contributed by atoms with Gasteiger partial charge in [0.05, 0.1) is 0 Å². The van der Waals surface area contributed by atoms with Crippen molar-refractivity contribution in [3.63, 3.8) is 0 Å². The summed E-state index contributed by atoms with van der Waals surface area (Å²) < 4.78 is 0. The second kappa shape index (κ2) is 7.43. The van der Waals surface area contributed by atoms with Gasteiger partial charge < -0.3 is 15.5 Å². The SMILES string of the molecule is CCCc1c(NCC)ncnc1NCC(C)(C)N(C)C. The third-order valence-electron chi connectivity index (χ3n) is 3.69. The van der Waals surface area contributed by atoms with Crippen LogP contribution in [0.1, 0.15) is 39.7 Å². The Hall–Kier alpha value is -1.36. The summed E-state index contributed by atoms with van der Waals surface area (Å²) in [5.74, 6) is 1.90. The predicted molar refractivity (Wildman–Crippen MR) is 86.4 cm³/mol. The zero-order valence-electron chi connectivity index (χ0n) is 13.7. The van der Waals surface area contributed by atoms with Crippen LogP contribution in [0.3, 0.4) is 0 Å². The molecule has 0 saturated heterocycles. The van der Waals surface area contributed by atoms with Crippen molar-refractivity contribution in [1.82, 2.24) is 14.9 Å². The summed E-state index contributed by atoms with van der Waals surface area (Å²) in [5, 5.41) is 6.81. The van der Waals surface area contributed by atoms with Gasteiger partial charge in [-0.1, -0.05) is 13.3 Å². The number of nitrogens with one attached hydrogen (secondary N) is 2. The molecule has 2 N–H and O–H groups in total. The van der Waals surface area contributed by atoms with Gasteiger partial charge in [-0.2, -0.15) is 0 Å². The Morgan fingerprint density at radius 3 is 2.20 bits per heavy atom. The zero-order valence-corrected chi connectivity index (χ0v) is 13.7. The van der Waals surface area contributed by atoms with Gasteiger partial charge in [0.1, 0.15) is 18.0 Å². The van der Waals surface area contributed by atoms with Crippen LogP contribution >= 0.6 is 0 Å². The molecule has 0 aliphatic carbocycles. The van der Waals surface area contributed by atoms with Crippen LogP contribution in [-0.2, 0) is 6.42 Å². The third kappa shape index (κ3) is 4.34. The molecular formula is C15H29N5. The van der Waals surface area contributed by atoms with Crippen LogP contribution in [-0.4, -0.2) is 47.6 Å². The molecule has 0 radical (unpaired) electrons. The highest BCUT2D eigenvalue weighted by Crippen LogP contribution is 2.22. The largest absolute Gasteiger partial charge is 0.370 e. The smallest absolute Gasteiger partial charge is 0.134 e. The highest BCUT2D eigenvalue weighted by atomic mass is 15.2. The average Bonchev–Trinajstić information content (AvgIpc) is 2.39. The summed E-state index contributed by atoms with van der Waals surface area (Å²) in [6, 6.07) is 0. The second-order valence-electron chi connectivity index (χ2n) is 5.89. The lowest BCUT2D eigenvalue weighted by atomic mass is 10.0. The van der Waals surface area contributed by atoms with Gasteiger partial charge in [-0.3, -0.25) is 0 Å². The molecule has 5 nitrogen and oxygen atoms in total. The van der Waals surface area contributed by atoms with Gasteiger partial charge in [-0.25, -0.2) is 9.97 Å². The summed E-state index contributed by atoms with van der Waals surface area (Å²) in [6.07, 6.45) is 3.69. The summed E-state index contributed by atoms with van der Waals surface area (Å²) in [7, 11) is 4.19. The number of aromatic nitrogens is 2. The van der Waals surface area contributed by atoms with Crippen molar-refractivity contribution < 1.29 is 0 Å². The van der Waals surface area contributed by atoms with E-state index in [1.54, 1.807) is 6.33 Å². The standard InChI is InChI=1S/C15H29N5/c1-7-9-12-13(16-8-2)18-11-19-14(12)17-10-15(3,4)20(5)6/h11H,7-10H2,1-6H3,(H2,16,17,18,19). The average molecular weight is 279 g/mol. The van der Waals surface area contributed by atoms with Crippen molar-refractivity contribution in [3.05, 3.63) is 11.9 Å². The van der Waals surface area contributed by atoms with Crippen LogP contribution in [0.15, 0.2) is 6.33 Å². The zero-order chi connectivity index (χ0) is 15.2. The first-order valence-electron chi connectivity index (χ1n) is 7.41. The molecule has 0 aromatic carbocycles. The molecule has 1 rings (SSSR count). The summed E-state index contributed by atoms with van der Waals surface area (Å²) >= 11 is 0. The lowest BCUT2D eigenvalue weighted by Gasteiger charge is -2.33.